The molecule has 0 aliphatic carbocycles. The summed E-state index contributed by atoms with van der Waals surface area (Å²) in [7, 11) is 0. The third kappa shape index (κ3) is 3.44. The smallest absolute Gasteiger partial charge is 0.342 e. The molecule has 6 nitrogen and oxygen atoms in total. The van der Waals surface area contributed by atoms with E-state index in [1.54, 1.807) is 0 Å². The van der Waals surface area contributed by atoms with Gasteiger partial charge in [0.15, 0.2) is 0 Å². The zero-order valence-electron chi connectivity index (χ0n) is 9.54. The molecule has 0 aliphatic heterocycles. The summed E-state index contributed by atoms with van der Waals surface area (Å²) >= 11 is 0. The first kappa shape index (κ1) is 13.0. The number of benzene rings is 1. The number of ether oxygens (including phenoxy) is 1. The number of nitro groups is 1. The van der Waals surface area contributed by atoms with E-state index in [2.05, 4.69) is 0 Å². The van der Waals surface area contributed by atoms with Crippen molar-refractivity contribution in [3.05, 3.63) is 33.9 Å². The second kappa shape index (κ2) is 5.29. The summed E-state index contributed by atoms with van der Waals surface area (Å²) in [5.74, 6) is -0.730. The summed E-state index contributed by atoms with van der Waals surface area (Å²) in [6, 6.07) is 3.70. The monoisotopic (exact) mass is 239 g/mol. The fraction of sp³-hybridized carbons (Fsp3) is 0.364. The van der Waals surface area contributed by atoms with Crippen LogP contribution in [0, 0.1) is 16.0 Å². The van der Waals surface area contributed by atoms with E-state index in [0.29, 0.717) is 18.3 Å². The lowest BCUT2D eigenvalue weighted by atomic mass is 10.1. The number of carboxylic acids is 1. The average molecular weight is 239 g/mol. The molecule has 1 aromatic rings. The normalized spacial score (nSPS) is 10.3. The Kier molecular flexibility index (Phi) is 4.03. The zero-order chi connectivity index (χ0) is 13.0. The lowest BCUT2D eigenvalue weighted by Crippen LogP contribution is -2.07. The van der Waals surface area contributed by atoms with Crippen molar-refractivity contribution in [3.63, 3.8) is 0 Å². The molecule has 0 radical (unpaired) electrons. The van der Waals surface area contributed by atoms with E-state index in [1.165, 1.54) is 12.1 Å². The lowest BCUT2D eigenvalue weighted by molar-refractivity contribution is -0.385. The third-order valence-electron chi connectivity index (χ3n) is 1.98. The number of hydrogen-bond acceptors (Lipinski definition) is 4. The van der Waals surface area contributed by atoms with Crippen molar-refractivity contribution in [2.45, 2.75) is 13.8 Å². The van der Waals surface area contributed by atoms with Crippen LogP contribution in [-0.2, 0) is 0 Å². The number of carboxylic acid groups (broad SMARTS) is 1. The van der Waals surface area contributed by atoms with Crippen LogP contribution in [0.4, 0.5) is 5.69 Å². The molecule has 0 spiro atoms. The molecule has 0 saturated heterocycles. The molecule has 0 saturated carbocycles. The fourth-order valence-electron chi connectivity index (χ4n) is 1.20. The topological polar surface area (TPSA) is 89.7 Å². The molecule has 0 amide bonds. The third-order valence-corrected chi connectivity index (χ3v) is 1.98. The zero-order valence-corrected chi connectivity index (χ0v) is 9.54. The van der Waals surface area contributed by atoms with Gasteiger partial charge in [0, 0.05) is 12.1 Å². The highest BCUT2D eigenvalue weighted by atomic mass is 16.6. The van der Waals surface area contributed by atoms with Crippen LogP contribution in [0.15, 0.2) is 18.2 Å². The van der Waals surface area contributed by atoms with Crippen LogP contribution in [0.2, 0.25) is 0 Å². The van der Waals surface area contributed by atoms with Gasteiger partial charge < -0.3 is 9.84 Å². The number of nitrogens with zero attached hydrogens (tertiary/aromatic N) is 1. The highest BCUT2D eigenvalue weighted by Crippen LogP contribution is 2.24. The minimum Gasteiger partial charge on any atom is -0.493 e. The summed E-state index contributed by atoms with van der Waals surface area (Å²) in [5, 5.41) is 19.5. The van der Waals surface area contributed by atoms with Gasteiger partial charge in [-0.3, -0.25) is 10.1 Å². The van der Waals surface area contributed by atoms with Gasteiger partial charge in [-0.2, -0.15) is 0 Å². The summed E-state index contributed by atoms with van der Waals surface area (Å²) < 4.78 is 5.31. The van der Waals surface area contributed by atoms with Crippen LogP contribution >= 0.6 is 0 Å². The maximum Gasteiger partial charge on any atom is 0.342 e. The molecular formula is C11H13NO5. The van der Waals surface area contributed by atoms with E-state index in [9.17, 15) is 14.9 Å². The Morgan fingerprint density at radius 1 is 1.53 bits per heavy atom. The maximum atomic E-state index is 10.9. The van der Waals surface area contributed by atoms with Crippen molar-refractivity contribution in [1.82, 2.24) is 0 Å². The molecule has 0 heterocycles. The molecule has 1 rings (SSSR count). The predicted molar refractivity (Wildman–Crippen MR) is 60.4 cm³/mol. The number of rotatable bonds is 5. The molecule has 0 unspecified atom stereocenters. The van der Waals surface area contributed by atoms with E-state index < -0.39 is 16.6 Å². The van der Waals surface area contributed by atoms with E-state index in [4.69, 9.17) is 9.84 Å². The second-order valence-electron chi connectivity index (χ2n) is 3.95. The van der Waals surface area contributed by atoms with Crippen LogP contribution in [0.1, 0.15) is 24.2 Å². The van der Waals surface area contributed by atoms with Crippen molar-refractivity contribution in [3.8, 4) is 5.75 Å². The Hall–Kier alpha value is -2.11. The second-order valence-corrected chi connectivity index (χ2v) is 3.95. The van der Waals surface area contributed by atoms with Gasteiger partial charge in [0.05, 0.1) is 11.5 Å². The molecule has 1 aromatic carbocycles. The van der Waals surface area contributed by atoms with Crippen LogP contribution in [0.3, 0.4) is 0 Å². The van der Waals surface area contributed by atoms with Crippen LogP contribution in [-0.4, -0.2) is 22.6 Å². The molecule has 1 N–H and O–H groups in total. The Labute approximate surface area is 98.0 Å². The first-order chi connectivity index (χ1) is 7.91. The Balaban J connectivity index is 3.02. The average Bonchev–Trinajstić information content (AvgIpc) is 2.25. The molecule has 92 valence electrons. The summed E-state index contributed by atoms with van der Waals surface area (Å²) in [4.78, 5) is 20.7. The first-order valence-corrected chi connectivity index (χ1v) is 5.06. The van der Waals surface area contributed by atoms with Gasteiger partial charge in [0.2, 0.25) is 0 Å². The Bertz CT molecular complexity index is 441. The van der Waals surface area contributed by atoms with E-state index >= 15 is 0 Å². The molecule has 0 fully saturated rings. The van der Waals surface area contributed by atoms with Gasteiger partial charge in [0.25, 0.3) is 5.69 Å². The lowest BCUT2D eigenvalue weighted by Gasteiger charge is -2.09. The minimum atomic E-state index is -1.34. The summed E-state index contributed by atoms with van der Waals surface area (Å²) in [5.41, 5.74) is -0.800. The van der Waals surface area contributed by atoms with Crippen molar-refractivity contribution >= 4 is 11.7 Å². The fourth-order valence-corrected chi connectivity index (χ4v) is 1.20. The number of nitro benzene ring substituents is 1. The molecule has 0 bridgehead atoms. The van der Waals surface area contributed by atoms with Crippen LogP contribution in [0.25, 0.3) is 0 Å². The maximum absolute atomic E-state index is 10.9. The molecule has 17 heavy (non-hydrogen) atoms. The van der Waals surface area contributed by atoms with E-state index in [1.807, 2.05) is 13.8 Å². The van der Waals surface area contributed by atoms with Crippen molar-refractivity contribution < 1.29 is 19.6 Å². The minimum absolute atomic E-state index is 0.290. The predicted octanol–water partition coefficient (Wildman–Crippen LogP) is 2.33. The quantitative estimate of drug-likeness (QED) is 0.629. The number of hydrogen-bond donors (Lipinski definition) is 1. The number of carbonyl (C=O) groups is 1. The van der Waals surface area contributed by atoms with E-state index in [0.717, 1.165) is 6.07 Å². The molecular weight excluding hydrogens is 226 g/mol. The van der Waals surface area contributed by atoms with Crippen molar-refractivity contribution in [1.29, 1.82) is 0 Å². The van der Waals surface area contributed by atoms with Gasteiger partial charge >= 0.3 is 5.97 Å². The standard InChI is InChI=1S/C11H13NO5/c1-7(2)6-17-8-3-4-10(12(15)16)9(5-8)11(13)14/h3-5,7H,6H2,1-2H3,(H,13,14). The SMILES string of the molecule is CC(C)COc1ccc([N+](=O)[O-])c(C(=O)O)c1. The molecule has 6 heteroatoms. The van der Waals surface area contributed by atoms with Crippen LogP contribution in [0.5, 0.6) is 5.75 Å². The van der Waals surface area contributed by atoms with Gasteiger partial charge in [-0.25, -0.2) is 4.79 Å². The molecule has 0 atom stereocenters. The largest absolute Gasteiger partial charge is 0.493 e. The van der Waals surface area contributed by atoms with E-state index in [-0.39, 0.29) is 5.56 Å². The van der Waals surface area contributed by atoms with Gasteiger partial charge in [0.1, 0.15) is 11.3 Å². The first-order valence-electron chi connectivity index (χ1n) is 5.06. The van der Waals surface area contributed by atoms with Gasteiger partial charge in [-0.1, -0.05) is 13.8 Å². The number of aromatic carboxylic acids is 1. The van der Waals surface area contributed by atoms with Crippen molar-refractivity contribution in [2.24, 2.45) is 5.92 Å². The summed E-state index contributed by atoms with van der Waals surface area (Å²) in [6.45, 7) is 4.32. The Morgan fingerprint density at radius 2 is 2.18 bits per heavy atom. The highest BCUT2D eigenvalue weighted by molar-refractivity contribution is 5.92. The highest BCUT2D eigenvalue weighted by Gasteiger charge is 2.20. The molecule has 0 aliphatic rings. The van der Waals surface area contributed by atoms with Gasteiger partial charge in [-0.15, -0.1) is 0 Å². The molecule has 0 aromatic heterocycles. The van der Waals surface area contributed by atoms with Gasteiger partial charge in [-0.05, 0) is 12.0 Å². The van der Waals surface area contributed by atoms with Crippen molar-refractivity contribution in [2.75, 3.05) is 6.61 Å². The summed E-state index contributed by atoms with van der Waals surface area (Å²) in [6.07, 6.45) is 0. The Morgan fingerprint density at radius 3 is 2.65 bits per heavy atom. The van der Waals surface area contributed by atoms with Crippen LogP contribution < -0.4 is 4.74 Å².